The van der Waals surface area contributed by atoms with E-state index in [0.717, 1.165) is 11.3 Å². The molecule has 0 saturated carbocycles. The smallest absolute Gasteiger partial charge is 0.119 e. The predicted molar refractivity (Wildman–Crippen MR) is 68.3 cm³/mol. The van der Waals surface area contributed by atoms with Crippen LogP contribution in [-0.2, 0) is 0 Å². The number of aromatic nitrogens is 1. The summed E-state index contributed by atoms with van der Waals surface area (Å²) in [5, 5.41) is 0.572. The van der Waals surface area contributed by atoms with Gasteiger partial charge in [-0.25, -0.2) is 0 Å². The van der Waals surface area contributed by atoms with Crippen LogP contribution in [0.5, 0.6) is 5.75 Å². The Morgan fingerprint density at radius 1 is 1.29 bits per heavy atom. The number of nitrogens with zero attached hydrogens (tertiary/aromatic N) is 1. The van der Waals surface area contributed by atoms with Gasteiger partial charge in [-0.3, -0.25) is 4.98 Å². The summed E-state index contributed by atoms with van der Waals surface area (Å²) in [4.78, 5) is 4.21. The maximum atomic E-state index is 6.14. The minimum atomic E-state index is -0.348. The Morgan fingerprint density at radius 2 is 2.12 bits per heavy atom. The number of methoxy groups -OCH3 is 1. The van der Waals surface area contributed by atoms with Gasteiger partial charge in [0.25, 0.3) is 0 Å². The molecule has 0 aliphatic carbocycles. The maximum absolute atomic E-state index is 6.14. The Kier molecular flexibility index (Phi) is 3.61. The number of ether oxygens (including phenoxy) is 1. The molecule has 1 aromatic carbocycles. The molecular formula is C13H13ClN2O. The van der Waals surface area contributed by atoms with Gasteiger partial charge in [0.15, 0.2) is 0 Å². The highest BCUT2D eigenvalue weighted by Crippen LogP contribution is 2.26. The van der Waals surface area contributed by atoms with Crippen LogP contribution in [0.1, 0.15) is 17.3 Å². The Morgan fingerprint density at radius 3 is 2.82 bits per heavy atom. The fourth-order valence-corrected chi connectivity index (χ4v) is 1.86. The van der Waals surface area contributed by atoms with Crippen LogP contribution in [-0.4, -0.2) is 12.1 Å². The normalized spacial score (nSPS) is 12.2. The largest absolute Gasteiger partial charge is 0.497 e. The minimum absolute atomic E-state index is 0.348. The number of halogens is 1. The van der Waals surface area contributed by atoms with Crippen LogP contribution in [0.25, 0.3) is 0 Å². The molecule has 2 rings (SSSR count). The van der Waals surface area contributed by atoms with Crippen LogP contribution in [0.3, 0.4) is 0 Å². The lowest BCUT2D eigenvalue weighted by atomic mass is 10.0. The second-order valence-electron chi connectivity index (χ2n) is 3.62. The summed E-state index contributed by atoms with van der Waals surface area (Å²) < 4.78 is 5.16. The van der Waals surface area contributed by atoms with Crippen LogP contribution < -0.4 is 10.5 Å². The highest BCUT2D eigenvalue weighted by atomic mass is 35.5. The third-order valence-corrected chi connectivity index (χ3v) is 2.85. The average Bonchev–Trinajstić information content (AvgIpc) is 2.38. The van der Waals surface area contributed by atoms with Crippen molar-refractivity contribution < 1.29 is 4.74 Å². The van der Waals surface area contributed by atoms with Crippen molar-refractivity contribution in [2.24, 2.45) is 5.73 Å². The van der Waals surface area contributed by atoms with E-state index in [1.807, 2.05) is 24.3 Å². The summed E-state index contributed by atoms with van der Waals surface area (Å²) in [6, 6.07) is 10.8. The van der Waals surface area contributed by atoms with E-state index in [1.54, 1.807) is 25.4 Å². The van der Waals surface area contributed by atoms with Crippen LogP contribution in [0, 0.1) is 0 Å². The summed E-state index contributed by atoms with van der Waals surface area (Å²) in [7, 11) is 1.62. The molecule has 0 saturated heterocycles. The summed E-state index contributed by atoms with van der Waals surface area (Å²) in [5.74, 6) is 0.769. The molecule has 4 heteroatoms. The van der Waals surface area contributed by atoms with E-state index in [2.05, 4.69) is 4.98 Å². The first-order valence-corrected chi connectivity index (χ1v) is 5.60. The number of nitrogens with two attached hydrogens (primary N) is 1. The van der Waals surface area contributed by atoms with Gasteiger partial charge in [-0.05, 0) is 29.8 Å². The van der Waals surface area contributed by atoms with Gasteiger partial charge < -0.3 is 10.5 Å². The Hall–Kier alpha value is -1.58. The molecule has 0 spiro atoms. The number of hydrogen-bond donors (Lipinski definition) is 1. The summed E-state index contributed by atoms with van der Waals surface area (Å²) in [6.07, 6.45) is 1.68. The zero-order valence-corrected chi connectivity index (χ0v) is 10.2. The number of rotatable bonds is 3. The third-order valence-electron chi connectivity index (χ3n) is 2.53. The fraction of sp³-hybridized carbons (Fsp3) is 0.154. The van der Waals surface area contributed by atoms with Gasteiger partial charge in [0, 0.05) is 6.20 Å². The molecule has 1 heterocycles. The van der Waals surface area contributed by atoms with Crippen molar-refractivity contribution >= 4 is 11.6 Å². The van der Waals surface area contributed by atoms with Crippen LogP contribution in [0.15, 0.2) is 42.6 Å². The molecule has 0 radical (unpaired) electrons. The lowest BCUT2D eigenvalue weighted by Gasteiger charge is -2.13. The SMILES string of the molecule is COc1cccc(C(N)c2ncccc2Cl)c1. The van der Waals surface area contributed by atoms with Crippen molar-refractivity contribution in [1.82, 2.24) is 4.98 Å². The van der Waals surface area contributed by atoms with E-state index in [9.17, 15) is 0 Å². The van der Waals surface area contributed by atoms with Gasteiger partial charge in [-0.2, -0.15) is 0 Å². The first-order chi connectivity index (χ1) is 8.22. The molecule has 0 aliphatic rings. The lowest BCUT2D eigenvalue weighted by molar-refractivity contribution is 0.414. The highest BCUT2D eigenvalue weighted by molar-refractivity contribution is 6.31. The molecular weight excluding hydrogens is 236 g/mol. The standard InChI is InChI=1S/C13H13ClN2O/c1-17-10-5-2-4-9(8-10)12(15)13-11(14)6-3-7-16-13/h2-8,12H,15H2,1H3. The molecule has 1 atom stereocenters. The van der Waals surface area contributed by atoms with Gasteiger partial charge in [0.1, 0.15) is 5.75 Å². The first-order valence-electron chi connectivity index (χ1n) is 5.22. The summed E-state index contributed by atoms with van der Waals surface area (Å²) >= 11 is 6.07. The van der Waals surface area contributed by atoms with Crippen molar-refractivity contribution in [2.75, 3.05) is 7.11 Å². The van der Waals surface area contributed by atoms with Crippen LogP contribution >= 0.6 is 11.6 Å². The molecule has 0 fully saturated rings. The zero-order valence-electron chi connectivity index (χ0n) is 9.43. The molecule has 2 N–H and O–H groups in total. The number of hydrogen-bond acceptors (Lipinski definition) is 3. The van der Waals surface area contributed by atoms with Crippen molar-refractivity contribution in [3.63, 3.8) is 0 Å². The van der Waals surface area contributed by atoms with Gasteiger partial charge in [0.05, 0.1) is 23.9 Å². The summed E-state index contributed by atoms with van der Waals surface area (Å²) in [6.45, 7) is 0. The fourth-order valence-electron chi connectivity index (χ4n) is 1.62. The molecule has 3 nitrogen and oxygen atoms in total. The molecule has 2 aromatic rings. The molecule has 0 bridgehead atoms. The average molecular weight is 249 g/mol. The van der Waals surface area contributed by atoms with Crippen molar-refractivity contribution in [2.45, 2.75) is 6.04 Å². The maximum Gasteiger partial charge on any atom is 0.119 e. The van der Waals surface area contributed by atoms with E-state index in [1.165, 1.54) is 0 Å². The predicted octanol–water partition coefficient (Wildman–Crippen LogP) is 2.79. The summed E-state index contributed by atoms with van der Waals surface area (Å²) in [5.41, 5.74) is 7.73. The van der Waals surface area contributed by atoms with Crippen LogP contribution in [0.4, 0.5) is 0 Å². The van der Waals surface area contributed by atoms with E-state index in [0.29, 0.717) is 10.7 Å². The second-order valence-corrected chi connectivity index (χ2v) is 4.03. The molecule has 1 aromatic heterocycles. The van der Waals surface area contributed by atoms with E-state index >= 15 is 0 Å². The molecule has 17 heavy (non-hydrogen) atoms. The van der Waals surface area contributed by atoms with Gasteiger partial charge in [-0.1, -0.05) is 23.7 Å². The Bertz CT molecular complexity index is 516. The monoisotopic (exact) mass is 248 g/mol. The van der Waals surface area contributed by atoms with E-state index in [-0.39, 0.29) is 6.04 Å². The second kappa shape index (κ2) is 5.17. The lowest BCUT2D eigenvalue weighted by Crippen LogP contribution is -2.14. The van der Waals surface area contributed by atoms with E-state index < -0.39 is 0 Å². The quantitative estimate of drug-likeness (QED) is 0.909. The Balaban J connectivity index is 2.37. The van der Waals surface area contributed by atoms with Gasteiger partial charge >= 0.3 is 0 Å². The first kappa shape index (κ1) is 11.9. The molecule has 0 aliphatic heterocycles. The van der Waals surface area contributed by atoms with Gasteiger partial charge in [-0.15, -0.1) is 0 Å². The molecule has 0 amide bonds. The minimum Gasteiger partial charge on any atom is -0.497 e. The highest BCUT2D eigenvalue weighted by Gasteiger charge is 2.13. The molecule has 1 unspecified atom stereocenters. The number of benzene rings is 1. The zero-order chi connectivity index (χ0) is 12.3. The topological polar surface area (TPSA) is 48.1 Å². The van der Waals surface area contributed by atoms with Crippen molar-refractivity contribution in [3.05, 3.63) is 58.9 Å². The van der Waals surface area contributed by atoms with E-state index in [4.69, 9.17) is 22.1 Å². The third kappa shape index (κ3) is 2.57. The molecule has 88 valence electrons. The van der Waals surface area contributed by atoms with Gasteiger partial charge in [0.2, 0.25) is 0 Å². The van der Waals surface area contributed by atoms with Crippen molar-refractivity contribution in [3.8, 4) is 5.75 Å². The van der Waals surface area contributed by atoms with Crippen LogP contribution in [0.2, 0.25) is 5.02 Å². The van der Waals surface area contributed by atoms with Crippen molar-refractivity contribution in [1.29, 1.82) is 0 Å². The Labute approximate surface area is 105 Å². The number of pyridine rings is 1.